The lowest BCUT2D eigenvalue weighted by molar-refractivity contribution is -0.00529. The third kappa shape index (κ3) is 1.43. The number of imidazole rings is 1. The molecule has 98 valence electrons. The fourth-order valence-electron chi connectivity index (χ4n) is 5.31. The average Bonchev–Trinajstić information content (AvgIpc) is 2.80. The van der Waals surface area contributed by atoms with Gasteiger partial charge in [0.1, 0.15) is 17.7 Å². The Morgan fingerprint density at radius 2 is 1.74 bits per heavy atom. The highest BCUT2D eigenvalue weighted by molar-refractivity contribution is 5.68. The first kappa shape index (κ1) is 10.4. The Morgan fingerprint density at radius 1 is 1.00 bits per heavy atom. The van der Waals surface area contributed by atoms with Crippen LogP contribution in [0, 0.1) is 23.7 Å². The molecule has 2 aromatic rings. The van der Waals surface area contributed by atoms with Crippen LogP contribution in [0.25, 0.3) is 11.2 Å². The molecule has 4 bridgehead atoms. The highest BCUT2D eigenvalue weighted by atomic mass is 15.0. The summed E-state index contributed by atoms with van der Waals surface area (Å²) in [7, 11) is 0. The number of H-pyrrole nitrogens is 1. The van der Waals surface area contributed by atoms with Gasteiger partial charge in [0, 0.05) is 5.92 Å². The summed E-state index contributed by atoms with van der Waals surface area (Å²) >= 11 is 0. The van der Waals surface area contributed by atoms with Gasteiger partial charge < -0.3 is 4.98 Å². The molecule has 4 nitrogen and oxygen atoms in total. The Labute approximate surface area is 112 Å². The number of nitrogens with zero attached hydrogens (tertiary/aromatic N) is 3. The molecule has 4 saturated carbocycles. The zero-order chi connectivity index (χ0) is 12.4. The van der Waals surface area contributed by atoms with Gasteiger partial charge in [-0.2, -0.15) is 0 Å². The summed E-state index contributed by atoms with van der Waals surface area (Å²) in [6.45, 7) is 0. The van der Waals surface area contributed by atoms with Crippen LogP contribution in [0.4, 0.5) is 0 Å². The lowest BCUT2D eigenvalue weighted by Gasteiger charge is -2.53. The Morgan fingerprint density at radius 3 is 2.42 bits per heavy atom. The van der Waals surface area contributed by atoms with E-state index in [1.165, 1.54) is 37.9 Å². The molecule has 0 atom stereocenters. The first-order valence-electron chi connectivity index (χ1n) is 7.52. The second-order valence-electron chi connectivity index (χ2n) is 6.84. The zero-order valence-electron chi connectivity index (χ0n) is 10.9. The fraction of sp³-hybridized carbons (Fsp3) is 0.667. The van der Waals surface area contributed by atoms with E-state index in [1.54, 1.807) is 6.33 Å². The first-order valence-corrected chi connectivity index (χ1v) is 7.52. The van der Waals surface area contributed by atoms with Crippen LogP contribution in [0.3, 0.4) is 0 Å². The zero-order valence-corrected chi connectivity index (χ0v) is 10.9. The van der Waals surface area contributed by atoms with Crippen LogP contribution in [-0.4, -0.2) is 19.9 Å². The number of rotatable bonds is 1. The van der Waals surface area contributed by atoms with Crippen LogP contribution in [0.2, 0.25) is 0 Å². The molecule has 0 saturated heterocycles. The van der Waals surface area contributed by atoms with Gasteiger partial charge in [-0.3, -0.25) is 0 Å². The minimum absolute atomic E-state index is 0.655. The van der Waals surface area contributed by atoms with Gasteiger partial charge in [-0.1, -0.05) is 0 Å². The summed E-state index contributed by atoms with van der Waals surface area (Å²) in [4.78, 5) is 16.6. The Hall–Kier alpha value is -1.45. The molecule has 0 aromatic carbocycles. The number of nitrogens with one attached hydrogen (secondary N) is 1. The van der Waals surface area contributed by atoms with Crippen molar-refractivity contribution in [3.63, 3.8) is 0 Å². The maximum atomic E-state index is 4.75. The number of hydrogen-bond donors (Lipinski definition) is 1. The van der Waals surface area contributed by atoms with E-state index >= 15 is 0 Å². The molecular formula is C15H18N4. The lowest BCUT2D eigenvalue weighted by Crippen LogP contribution is -2.44. The van der Waals surface area contributed by atoms with E-state index in [2.05, 4.69) is 15.0 Å². The molecule has 4 aliphatic rings. The van der Waals surface area contributed by atoms with Crippen molar-refractivity contribution in [2.75, 3.05) is 0 Å². The maximum absolute atomic E-state index is 4.75. The molecule has 0 spiro atoms. The number of hydrogen-bond acceptors (Lipinski definition) is 3. The van der Waals surface area contributed by atoms with Crippen LogP contribution >= 0.6 is 0 Å². The Balaban J connectivity index is 1.58. The molecule has 0 amide bonds. The average molecular weight is 254 g/mol. The van der Waals surface area contributed by atoms with E-state index in [0.717, 1.165) is 34.8 Å². The van der Waals surface area contributed by atoms with Gasteiger partial charge in [-0.25, -0.2) is 15.0 Å². The molecule has 2 heterocycles. The van der Waals surface area contributed by atoms with Crippen molar-refractivity contribution in [3.8, 4) is 0 Å². The monoisotopic (exact) mass is 254 g/mol. The summed E-state index contributed by atoms with van der Waals surface area (Å²) in [5.74, 6) is 5.60. The van der Waals surface area contributed by atoms with Crippen LogP contribution < -0.4 is 0 Å². The van der Waals surface area contributed by atoms with Gasteiger partial charge in [-0.15, -0.1) is 0 Å². The highest BCUT2D eigenvalue weighted by Gasteiger charge is 2.49. The van der Waals surface area contributed by atoms with E-state index in [9.17, 15) is 0 Å². The van der Waals surface area contributed by atoms with Gasteiger partial charge in [0.25, 0.3) is 0 Å². The molecule has 0 radical (unpaired) electrons. The predicted octanol–water partition coefficient (Wildman–Crippen LogP) is 2.89. The number of aromatic nitrogens is 4. The Bertz CT molecular complexity index is 571. The van der Waals surface area contributed by atoms with E-state index in [-0.39, 0.29) is 0 Å². The van der Waals surface area contributed by atoms with Crippen LogP contribution in [0.5, 0.6) is 0 Å². The standard InChI is InChI=1S/C15H18N4/c1-8-2-10-4-9(1)5-11(3-8)13(10)15-18-12-6-16-7-17-14(12)19-15/h6-11,13H,1-5H2,(H,16,17,18,19). The van der Waals surface area contributed by atoms with Gasteiger partial charge in [-0.05, 0) is 55.8 Å². The molecule has 2 aromatic heterocycles. The van der Waals surface area contributed by atoms with Gasteiger partial charge in [0.05, 0.1) is 6.20 Å². The third-order valence-corrected chi connectivity index (χ3v) is 5.72. The molecule has 4 aliphatic carbocycles. The summed E-state index contributed by atoms with van der Waals surface area (Å²) in [5.41, 5.74) is 1.82. The SMILES string of the molecule is c1ncc2[nH]c(C3C4CC5CC(C4)CC3C5)nc2n1. The molecule has 1 N–H and O–H groups in total. The van der Waals surface area contributed by atoms with E-state index in [1.807, 2.05) is 6.20 Å². The van der Waals surface area contributed by atoms with Crippen LogP contribution in [0.1, 0.15) is 43.8 Å². The second-order valence-corrected chi connectivity index (χ2v) is 6.84. The van der Waals surface area contributed by atoms with E-state index in [0.29, 0.717) is 5.92 Å². The first-order chi connectivity index (χ1) is 9.37. The lowest BCUT2D eigenvalue weighted by atomic mass is 9.52. The minimum Gasteiger partial charge on any atom is -0.339 e. The van der Waals surface area contributed by atoms with Crippen molar-refractivity contribution in [2.45, 2.75) is 38.0 Å². The van der Waals surface area contributed by atoms with Crippen molar-refractivity contribution in [1.82, 2.24) is 19.9 Å². The van der Waals surface area contributed by atoms with Gasteiger partial charge in [0.15, 0.2) is 5.65 Å². The molecule has 4 heteroatoms. The molecule has 0 unspecified atom stereocenters. The largest absolute Gasteiger partial charge is 0.339 e. The third-order valence-electron chi connectivity index (χ3n) is 5.72. The van der Waals surface area contributed by atoms with Crippen LogP contribution in [-0.2, 0) is 0 Å². The summed E-state index contributed by atoms with van der Waals surface area (Å²) in [5, 5.41) is 0. The molecule has 6 rings (SSSR count). The van der Waals surface area contributed by atoms with Crippen LogP contribution in [0.15, 0.2) is 12.5 Å². The predicted molar refractivity (Wildman–Crippen MR) is 71.5 cm³/mol. The van der Waals surface area contributed by atoms with Gasteiger partial charge in [0.2, 0.25) is 0 Å². The highest BCUT2D eigenvalue weighted by Crippen LogP contribution is 2.59. The smallest absolute Gasteiger partial charge is 0.180 e. The molecule has 19 heavy (non-hydrogen) atoms. The van der Waals surface area contributed by atoms with Crippen molar-refractivity contribution >= 4 is 11.2 Å². The van der Waals surface area contributed by atoms with Crippen molar-refractivity contribution in [1.29, 1.82) is 0 Å². The molecule has 0 aliphatic heterocycles. The quantitative estimate of drug-likeness (QED) is 0.851. The van der Waals surface area contributed by atoms with E-state index in [4.69, 9.17) is 4.98 Å². The second kappa shape index (κ2) is 3.56. The van der Waals surface area contributed by atoms with Gasteiger partial charge >= 0.3 is 0 Å². The normalized spacial score (nSPS) is 40.1. The summed E-state index contributed by atoms with van der Waals surface area (Å²) in [6.07, 6.45) is 10.7. The summed E-state index contributed by atoms with van der Waals surface area (Å²) in [6, 6.07) is 0. The molecular weight excluding hydrogens is 236 g/mol. The number of aromatic amines is 1. The van der Waals surface area contributed by atoms with Crippen molar-refractivity contribution in [3.05, 3.63) is 18.3 Å². The fourth-order valence-corrected chi connectivity index (χ4v) is 5.31. The topological polar surface area (TPSA) is 54.5 Å². The molecule has 4 fully saturated rings. The summed E-state index contributed by atoms with van der Waals surface area (Å²) < 4.78 is 0. The maximum Gasteiger partial charge on any atom is 0.180 e. The Kier molecular flexibility index (Phi) is 1.94. The van der Waals surface area contributed by atoms with Crippen molar-refractivity contribution in [2.24, 2.45) is 23.7 Å². The van der Waals surface area contributed by atoms with Crippen molar-refractivity contribution < 1.29 is 0 Å². The van der Waals surface area contributed by atoms with E-state index < -0.39 is 0 Å². The minimum atomic E-state index is 0.655. The number of fused-ring (bicyclic) bond motifs is 1.